The molecule has 0 saturated heterocycles. The van der Waals surface area contributed by atoms with Crippen LogP contribution in [0.3, 0.4) is 0 Å². The molecule has 118 valence electrons. The molecule has 6 heteroatoms. The van der Waals surface area contributed by atoms with E-state index in [4.69, 9.17) is 0 Å². The molecule has 0 fully saturated rings. The Hall–Kier alpha value is -2.73. The van der Waals surface area contributed by atoms with Gasteiger partial charge in [0.1, 0.15) is 15.9 Å². The summed E-state index contributed by atoms with van der Waals surface area (Å²) >= 11 is 3.27. The van der Waals surface area contributed by atoms with E-state index in [0.29, 0.717) is 21.5 Å². The molecule has 5 nitrogen and oxygen atoms in total. The number of para-hydroxylation sites is 1. The van der Waals surface area contributed by atoms with E-state index < -0.39 is 0 Å². The van der Waals surface area contributed by atoms with Crippen molar-refractivity contribution in [3.63, 3.8) is 0 Å². The molecule has 0 radical (unpaired) electrons. The Morgan fingerprint density at radius 2 is 1.58 bits per heavy atom. The Morgan fingerprint density at radius 3 is 2.29 bits per heavy atom. The second-order valence-electron chi connectivity index (χ2n) is 5.47. The van der Waals surface area contributed by atoms with Crippen LogP contribution in [0.25, 0.3) is 11.1 Å². The van der Waals surface area contributed by atoms with Crippen molar-refractivity contribution in [2.24, 2.45) is 7.05 Å². The van der Waals surface area contributed by atoms with Crippen molar-refractivity contribution in [3.8, 4) is 11.1 Å². The van der Waals surface area contributed by atoms with Gasteiger partial charge >= 0.3 is 0 Å². The van der Waals surface area contributed by atoms with Gasteiger partial charge < -0.3 is 0 Å². The number of benzene rings is 2. The van der Waals surface area contributed by atoms with Gasteiger partial charge in [0.15, 0.2) is 0 Å². The van der Waals surface area contributed by atoms with Crippen molar-refractivity contribution in [2.75, 3.05) is 4.90 Å². The zero-order chi connectivity index (χ0) is 16.8. The third-order valence-corrected chi connectivity index (χ3v) is 4.61. The minimum atomic E-state index is -0.363. The lowest BCUT2D eigenvalue weighted by atomic mass is 10.0. The fraction of sp³-hybridized carbons (Fsp3) is 0.0556. The second-order valence-corrected chi connectivity index (χ2v) is 6.22. The van der Waals surface area contributed by atoms with Crippen molar-refractivity contribution in [1.82, 2.24) is 9.78 Å². The van der Waals surface area contributed by atoms with Gasteiger partial charge in [0.2, 0.25) is 0 Å². The molecule has 2 aromatic carbocycles. The number of aryl methyl sites for hydroxylation is 1. The molecule has 0 N–H and O–H groups in total. The number of rotatable bonds is 2. The highest BCUT2D eigenvalue weighted by Gasteiger charge is 2.42. The van der Waals surface area contributed by atoms with Gasteiger partial charge in [-0.25, -0.2) is 4.90 Å². The summed E-state index contributed by atoms with van der Waals surface area (Å²) in [5.74, 6) is -0.725. The maximum Gasteiger partial charge on any atom is 0.284 e. The first-order valence-corrected chi connectivity index (χ1v) is 8.14. The van der Waals surface area contributed by atoms with Gasteiger partial charge in [0.25, 0.3) is 11.8 Å². The Labute approximate surface area is 146 Å². The van der Waals surface area contributed by atoms with Gasteiger partial charge in [0, 0.05) is 12.6 Å². The van der Waals surface area contributed by atoms with Crippen molar-refractivity contribution in [2.45, 2.75) is 0 Å². The molecule has 0 unspecified atom stereocenters. The molecule has 1 aliphatic heterocycles. The Bertz CT molecular complexity index is 943. The van der Waals surface area contributed by atoms with Crippen LogP contribution < -0.4 is 4.90 Å². The first kappa shape index (κ1) is 14.8. The van der Waals surface area contributed by atoms with Gasteiger partial charge in [-0.05, 0) is 27.6 Å². The first-order valence-electron chi connectivity index (χ1n) is 7.35. The Balaban J connectivity index is 1.89. The number of hydrogen-bond donors (Lipinski definition) is 0. The highest BCUT2D eigenvalue weighted by molar-refractivity contribution is 9.10. The van der Waals surface area contributed by atoms with Crippen LogP contribution in [0.1, 0.15) is 20.8 Å². The topological polar surface area (TPSA) is 55.2 Å². The van der Waals surface area contributed by atoms with Crippen molar-refractivity contribution in [1.29, 1.82) is 0 Å². The fourth-order valence-electron chi connectivity index (χ4n) is 2.99. The van der Waals surface area contributed by atoms with Gasteiger partial charge in [-0.1, -0.05) is 48.5 Å². The molecule has 2 amide bonds. The number of nitrogens with zero attached hydrogens (tertiary/aromatic N) is 3. The number of halogens is 1. The minimum absolute atomic E-state index is 0.301. The zero-order valence-corrected chi connectivity index (χ0v) is 14.3. The quantitative estimate of drug-likeness (QED) is 0.636. The van der Waals surface area contributed by atoms with Crippen molar-refractivity contribution in [3.05, 3.63) is 70.5 Å². The molecular formula is C18H12BrN3O2. The van der Waals surface area contributed by atoms with Crippen LogP contribution in [0, 0.1) is 0 Å². The lowest BCUT2D eigenvalue weighted by Gasteiger charge is -2.18. The summed E-state index contributed by atoms with van der Waals surface area (Å²) in [6.07, 6.45) is 0. The number of aromatic nitrogens is 2. The predicted octanol–water partition coefficient (Wildman–Crippen LogP) is 3.65. The number of imide groups is 1. The number of carbonyl (C=O) groups is 2. The van der Waals surface area contributed by atoms with E-state index in [1.54, 1.807) is 13.1 Å². The average molecular weight is 382 g/mol. The largest absolute Gasteiger partial charge is 0.284 e. The van der Waals surface area contributed by atoms with Crippen LogP contribution in [0.2, 0.25) is 0 Å². The van der Waals surface area contributed by atoms with Crippen LogP contribution in [0.5, 0.6) is 0 Å². The average Bonchev–Trinajstić information content (AvgIpc) is 3.04. The van der Waals surface area contributed by atoms with Gasteiger partial charge in [0.05, 0.1) is 5.69 Å². The molecule has 24 heavy (non-hydrogen) atoms. The summed E-state index contributed by atoms with van der Waals surface area (Å²) < 4.78 is 1.82. The molecule has 0 atom stereocenters. The molecular weight excluding hydrogens is 370 g/mol. The van der Waals surface area contributed by atoms with E-state index >= 15 is 0 Å². The molecule has 2 heterocycles. The molecule has 1 aromatic heterocycles. The molecule has 0 aliphatic carbocycles. The van der Waals surface area contributed by atoms with E-state index in [1.165, 1.54) is 9.58 Å². The van der Waals surface area contributed by atoms with Crippen LogP contribution >= 0.6 is 15.9 Å². The SMILES string of the molecule is Cn1nc(Br)c2c1C(=O)N(c1ccccc1-c1ccccc1)C2=O. The number of hydrogen-bond acceptors (Lipinski definition) is 3. The third kappa shape index (κ3) is 2.03. The highest BCUT2D eigenvalue weighted by atomic mass is 79.9. The molecule has 4 rings (SSSR count). The Morgan fingerprint density at radius 1 is 0.917 bits per heavy atom. The van der Waals surface area contributed by atoms with Crippen LogP contribution in [-0.2, 0) is 7.05 Å². The molecule has 0 spiro atoms. The van der Waals surface area contributed by atoms with E-state index in [1.807, 2.05) is 48.5 Å². The van der Waals surface area contributed by atoms with Crippen LogP contribution in [0.15, 0.2) is 59.2 Å². The minimum Gasteiger partial charge on any atom is -0.268 e. The second kappa shape index (κ2) is 5.42. The summed E-state index contributed by atoms with van der Waals surface area (Å²) in [6, 6.07) is 17.1. The monoisotopic (exact) mass is 381 g/mol. The van der Waals surface area contributed by atoms with Crippen molar-refractivity contribution < 1.29 is 9.59 Å². The predicted molar refractivity (Wildman–Crippen MR) is 93.9 cm³/mol. The number of carbonyl (C=O) groups excluding carboxylic acids is 2. The third-order valence-electron chi connectivity index (χ3n) is 4.06. The fourth-order valence-corrected chi connectivity index (χ4v) is 3.58. The molecule has 3 aromatic rings. The lowest BCUT2D eigenvalue weighted by Crippen LogP contribution is -2.31. The number of anilines is 1. The summed E-state index contributed by atoms with van der Waals surface area (Å²) in [7, 11) is 1.65. The summed E-state index contributed by atoms with van der Waals surface area (Å²) in [6.45, 7) is 0. The lowest BCUT2D eigenvalue weighted by molar-refractivity contribution is 0.0921. The van der Waals surface area contributed by atoms with Crippen LogP contribution in [0.4, 0.5) is 5.69 Å². The van der Waals surface area contributed by atoms with E-state index in [-0.39, 0.29) is 11.8 Å². The summed E-state index contributed by atoms with van der Waals surface area (Å²) in [5.41, 5.74) is 2.96. The summed E-state index contributed by atoms with van der Waals surface area (Å²) in [4.78, 5) is 26.9. The van der Waals surface area contributed by atoms with E-state index in [0.717, 1.165) is 11.1 Å². The number of amides is 2. The van der Waals surface area contributed by atoms with Gasteiger partial charge in [-0.15, -0.1) is 0 Å². The van der Waals surface area contributed by atoms with Crippen LogP contribution in [-0.4, -0.2) is 21.6 Å². The van der Waals surface area contributed by atoms with Gasteiger partial charge in [-0.2, -0.15) is 5.10 Å². The molecule has 0 saturated carbocycles. The summed E-state index contributed by atoms with van der Waals surface area (Å²) in [5, 5.41) is 4.11. The maximum atomic E-state index is 12.8. The molecule has 0 bridgehead atoms. The smallest absolute Gasteiger partial charge is 0.268 e. The van der Waals surface area contributed by atoms with Gasteiger partial charge in [-0.3, -0.25) is 14.3 Å². The first-order chi connectivity index (χ1) is 11.6. The normalized spacial score (nSPS) is 13.5. The molecule has 1 aliphatic rings. The Kier molecular flexibility index (Phi) is 3.35. The number of fused-ring (bicyclic) bond motifs is 1. The highest BCUT2D eigenvalue weighted by Crippen LogP contribution is 2.37. The zero-order valence-electron chi connectivity index (χ0n) is 12.7. The van der Waals surface area contributed by atoms with E-state index in [9.17, 15) is 9.59 Å². The van der Waals surface area contributed by atoms with Crippen molar-refractivity contribution >= 4 is 33.4 Å². The standard InChI is InChI=1S/C18H12BrN3O2/c1-21-15-14(16(19)20-21)17(23)22(18(15)24)13-10-6-5-9-12(13)11-7-3-2-4-8-11/h2-10H,1H3. The maximum absolute atomic E-state index is 12.8. The van der Waals surface area contributed by atoms with E-state index in [2.05, 4.69) is 21.0 Å².